The Bertz CT molecular complexity index is 553. The summed E-state index contributed by atoms with van der Waals surface area (Å²) < 4.78 is 5.21. The third-order valence-corrected chi connectivity index (χ3v) is 3.07. The molecule has 4 heteroatoms. The highest BCUT2D eigenvalue weighted by molar-refractivity contribution is 5.75. The van der Waals surface area contributed by atoms with Gasteiger partial charge in [-0.25, -0.2) is 0 Å². The molecule has 0 aliphatic rings. The van der Waals surface area contributed by atoms with Gasteiger partial charge >= 0.3 is 0 Å². The number of benzene rings is 2. The van der Waals surface area contributed by atoms with Crippen molar-refractivity contribution in [3.8, 4) is 5.75 Å². The lowest BCUT2D eigenvalue weighted by Crippen LogP contribution is -2.20. The molecule has 0 saturated carbocycles. The molecule has 0 spiro atoms. The summed E-state index contributed by atoms with van der Waals surface area (Å²) in [5.74, 6) is 0.184. The topological polar surface area (TPSA) is 64.4 Å². The van der Waals surface area contributed by atoms with Crippen LogP contribution < -0.4 is 15.8 Å². The molecule has 0 bridgehead atoms. The number of amides is 1. The number of hydrogen-bond acceptors (Lipinski definition) is 3. The molecule has 0 heterocycles. The Morgan fingerprint density at radius 1 is 1.00 bits per heavy atom. The summed E-state index contributed by atoms with van der Waals surface area (Å²) in [6.45, 7) is 1.65. The molecule has 4 nitrogen and oxygen atoms in total. The zero-order valence-corrected chi connectivity index (χ0v) is 11.9. The lowest BCUT2D eigenvalue weighted by atomic mass is 10.1. The Morgan fingerprint density at radius 2 is 1.71 bits per heavy atom. The molecule has 0 atom stereocenters. The molecule has 0 aliphatic heterocycles. The molecule has 2 aromatic rings. The summed E-state index contributed by atoms with van der Waals surface area (Å²) in [5.41, 5.74) is 7.53. The molecule has 0 aliphatic carbocycles. The van der Waals surface area contributed by atoms with Crippen LogP contribution in [0.1, 0.15) is 11.1 Å². The predicted molar refractivity (Wildman–Crippen MR) is 83.0 cm³/mol. The lowest BCUT2D eigenvalue weighted by Gasteiger charge is -2.07. The minimum absolute atomic E-state index is 0.0886. The van der Waals surface area contributed by atoms with E-state index in [-0.39, 0.29) is 6.61 Å². The standard InChI is InChI=1S/C17H20N2O2/c18-17(20)13-21-16-8-6-15(7-9-16)12-19-11-10-14-4-2-1-3-5-14/h1-9,19H,10-13H2,(H2,18,20). The van der Waals surface area contributed by atoms with Crippen molar-refractivity contribution >= 4 is 5.91 Å². The van der Waals surface area contributed by atoms with Crippen molar-refractivity contribution in [2.45, 2.75) is 13.0 Å². The van der Waals surface area contributed by atoms with Gasteiger partial charge in [0.25, 0.3) is 5.91 Å². The highest BCUT2D eigenvalue weighted by Crippen LogP contribution is 2.11. The normalized spacial score (nSPS) is 10.3. The summed E-state index contributed by atoms with van der Waals surface area (Å²) in [6, 6.07) is 18.0. The van der Waals surface area contributed by atoms with Crippen LogP contribution in [-0.2, 0) is 17.8 Å². The van der Waals surface area contributed by atoms with Crippen LogP contribution in [0, 0.1) is 0 Å². The number of rotatable bonds is 8. The van der Waals surface area contributed by atoms with Gasteiger partial charge in [-0.15, -0.1) is 0 Å². The van der Waals surface area contributed by atoms with Crippen LogP contribution in [0.2, 0.25) is 0 Å². The Morgan fingerprint density at radius 3 is 2.38 bits per heavy atom. The van der Waals surface area contributed by atoms with E-state index in [4.69, 9.17) is 10.5 Å². The molecule has 0 saturated heterocycles. The highest BCUT2D eigenvalue weighted by Gasteiger charge is 1.98. The zero-order valence-electron chi connectivity index (χ0n) is 11.9. The minimum Gasteiger partial charge on any atom is -0.484 e. The monoisotopic (exact) mass is 284 g/mol. The molecule has 0 unspecified atom stereocenters. The molecular formula is C17H20N2O2. The van der Waals surface area contributed by atoms with Crippen LogP contribution in [0.4, 0.5) is 0 Å². The zero-order chi connectivity index (χ0) is 14.9. The largest absolute Gasteiger partial charge is 0.484 e. The molecule has 2 aromatic carbocycles. The summed E-state index contributed by atoms with van der Waals surface area (Å²) in [5, 5.41) is 3.40. The van der Waals surface area contributed by atoms with Crippen LogP contribution >= 0.6 is 0 Å². The van der Waals surface area contributed by atoms with Crippen LogP contribution in [0.25, 0.3) is 0 Å². The van der Waals surface area contributed by atoms with Gasteiger partial charge in [0.2, 0.25) is 0 Å². The quantitative estimate of drug-likeness (QED) is 0.728. The molecular weight excluding hydrogens is 264 g/mol. The predicted octanol–water partition coefficient (Wildman–Crippen LogP) is 1.88. The summed E-state index contributed by atoms with van der Waals surface area (Å²) in [7, 11) is 0. The van der Waals surface area contributed by atoms with Crippen molar-refractivity contribution in [3.05, 3.63) is 65.7 Å². The second-order valence-electron chi connectivity index (χ2n) is 4.81. The minimum atomic E-state index is -0.471. The van der Waals surface area contributed by atoms with Crippen molar-refractivity contribution in [2.75, 3.05) is 13.2 Å². The van der Waals surface area contributed by atoms with Crippen molar-refractivity contribution in [1.29, 1.82) is 0 Å². The van der Waals surface area contributed by atoms with Gasteiger partial charge in [-0.05, 0) is 36.2 Å². The van der Waals surface area contributed by atoms with E-state index in [1.165, 1.54) is 11.1 Å². The summed E-state index contributed by atoms with van der Waals surface area (Å²) in [4.78, 5) is 10.6. The van der Waals surface area contributed by atoms with E-state index in [0.29, 0.717) is 5.75 Å². The molecule has 0 aromatic heterocycles. The van der Waals surface area contributed by atoms with Crippen molar-refractivity contribution in [3.63, 3.8) is 0 Å². The smallest absolute Gasteiger partial charge is 0.255 e. The maximum Gasteiger partial charge on any atom is 0.255 e. The Hall–Kier alpha value is -2.33. The third kappa shape index (κ3) is 5.67. The molecule has 3 N–H and O–H groups in total. The summed E-state index contributed by atoms with van der Waals surface area (Å²) in [6.07, 6.45) is 1.01. The van der Waals surface area contributed by atoms with E-state index < -0.39 is 5.91 Å². The number of ether oxygens (including phenoxy) is 1. The highest BCUT2D eigenvalue weighted by atomic mass is 16.5. The van der Waals surface area contributed by atoms with Crippen LogP contribution in [-0.4, -0.2) is 19.1 Å². The van der Waals surface area contributed by atoms with E-state index in [0.717, 1.165) is 19.5 Å². The van der Waals surface area contributed by atoms with Crippen LogP contribution in [0.5, 0.6) is 5.75 Å². The molecule has 1 amide bonds. The van der Waals surface area contributed by atoms with Gasteiger partial charge in [-0.3, -0.25) is 4.79 Å². The average molecular weight is 284 g/mol. The maximum atomic E-state index is 10.6. The van der Waals surface area contributed by atoms with Gasteiger partial charge in [-0.1, -0.05) is 42.5 Å². The van der Waals surface area contributed by atoms with Gasteiger partial charge in [-0.2, -0.15) is 0 Å². The average Bonchev–Trinajstić information content (AvgIpc) is 2.52. The molecule has 21 heavy (non-hydrogen) atoms. The fourth-order valence-electron chi connectivity index (χ4n) is 1.97. The van der Waals surface area contributed by atoms with E-state index in [2.05, 4.69) is 29.6 Å². The van der Waals surface area contributed by atoms with Gasteiger partial charge < -0.3 is 15.8 Å². The fourth-order valence-corrected chi connectivity index (χ4v) is 1.97. The molecule has 0 fully saturated rings. The number of hydrogen-bond donors (Lipinski definition) is 2. The maximum absolute atomic E-state index is 10.6. The number of nitrogens with one attached hydrogen (secondary N) is 1. The van der Waals surface area contributed by atoms with Crippen molar-refractivity contribution < 1.29 is 9.53 Å². The van der Waals surface area contributed by atoms with E-state index in [1.54, 1.807) is 0 Å². The summed E-state index contributed by atoms with van der Waals surface area (Å²) >= 11 is 0. The number of nitrogens with two attached hydrogens (primary N) is 1. The van der Waals surface area contributed by atoms with E-state index >= 15 is 0 Å². The third-order valence-electron chi connectivity index (χ3n) is 3.07. The number of primary amides is 1. The molecule has 2 rings (SSSR count). The van der Waals surface area contributed by atoms with Gasteiger partial charge in [0.1, 0.15) is 5.75 Å². The second-order valence-corrected chi connectivity index (χ2v) is 4.81. The first-order chi connectivity index (χ1) is 10.2. The first-order valence-electron chi connectivity index (χ1n) is 6.99. The number of carbonyl (C=O) groups is 1. The Kier molecular flexibility index (Phi) is 5.79. The van der Waals surface area contributed by atoms with E-state index in [1.807, 2.05) is 30.3 Å². The number of carbonyl (C=O) groups excluding carboxylic acids is 1. The van der Waals surface area contributed by atoms with Crippen LogP contribution in [0.15, 0.2) is 54.6 Å². The molecule has 110 valence electrons. The van der Waals surface area contributed by atoms with Gasteiger partial charge in [0.05, 0.1) is 0 Å². The van der Waals surface area contributed by atoms with Gasteiger partial charge in [0.15, 0.2) is 6.61 Å². The van der Waals surface area contributed by atoms with Crippen molar-refractivity contribution in [2.24, 2.45) is 5.73 Å². The first-order valence-corrected chi connectivity index (χ1v) is 6.99. The Balaban J connectivity index is 1.70. The van der Waals surface area contributed by atoms with Crippen LogP contribution in [0.3, 0.4) is 0 Å². The second kappa shape index (κ2) is 8.07. The van der Waals surface area contributed by atoms with E-state index in [9.17, 15) is 4.79 Å². The first kappa shape index (κ1) is 15.1. The van der Waals surface area contributed by atoms with Crippen molar-refractivity contribution in [1.82, 2.24) is 5.32 Å². The lowest BCUT2D eigenvalue weighted by molar-refractivity contribution is -0.119. The fraction of sp³-hybridized carbons (Fsp3) is 0.235. The molecule has 0 radical (unpaired) electrons. The van der Waals surface area contributed by atoms with Gasteiger partial charge in [0, 0.05) is 6.54 Å². The Labute approximate surface area is 124 Å². The SMILES string of the molecule is NC(=O)COc1ccc(CNCCc2ccccc2)cc1.